The lowest BCUT2D eigenvalue weighted by Gasteiger charge is -2.03. The van der Waals surface area contributed by atoms with Gasteiger partial charge >= 0.3 is 5.97 Å². The molecule has 0 radical (unpaired) electrons. The summed E-state index contributed by atoms with van der Waals surface area (Å²) in [5.74, 6) is -0.510. The zero-order chi connectivity index (χ0) is 16.3. The Balaban J connectivity index is 3.02. The Morgan fingerprint density at radius 2 is 1.05 bits per heavy atom. The molecule has 0 saturated carbocycles. The summed E-state index contributed by atoms with van der Waals surface area (Å²) in [5.41, 5.74) is 0. The highest BCUT2D eigenvalue weighted by Crippen LogP contribution is 2.13. The minimum Gasteiger partial charge on any atom is -0.285 e. The summed E-state index contributed by atoms with van der Waals surface area (Å²) in [5, 5.41) is 2.12. The van der Waals surface area contributed by atoms with E-state index in [4.69, 9.17) is 0 Å². The van der Waals surface area contributed by atoms with Crippen molar-refractivity contribution >= 4 is 5.97 Å². The second kappa shape index (κ2) is 18.1. The van der Waals surface area contributed by atoms with Gasteiger partial charge in [-0.3, -0.25) is 4.84 Å². The smallest absolute Gasteiger partial charge is 0.285 e. The first-order valence-corrected chi connectivity index (χ1v) is 9.33. The number of unbranched alkanes of at least 4 members (excludes halogenated alkanes) is 14. The third-order valence-corrected chi connectivity index (χ3v) is 4.12. The zero-order valence-electron chi connectivity index (χ0n) is 14.5. The van der Waals surface area contributed by atoms with Crippen molar-refractivity contribution in [3.05, 3.63) is 4.91 Å². The topological polar surface area (TPSA) is 55.7 Å². The molecule has 0 spiro atoms. The molecule has 0 aliphatic rings. The largest absolute Gasteiger partial charge is 0.338 e. The zero-order valence-corrected chi connectivity index (χ0v) is 14.5. The highest BCUT2D eigenvalue weighted by atomic mass is 16.7. The third kappa shape index (κ3) is 17.1. The minimum atomic E-state index is -0.510. The van der Waals surface area contributed by atoms with Gasteiger partial charge in [-0.05, 0) is 6.42 Å². The maximum atomic E-state index is 10.9. The van der Waals surface area contributed by atoms with E-state index in [-0.39, 0.29) is 0 Å². The van der Waals surface area contributed by atoms with Crippen LogP contribution in [0.1, 0.15) is 110 Å². The van der Waals surface area contributed by atoms with E-state index in [0.29, 0.717) is 6.42 Å². The second-order valence-corrected chi connectivity index (χ2v) is 6.24. The van der Waals surface area contributed by atoms with Crippen LogP contribution in [0.3, 0.4) is 0 Å². The molecule has 130 valence electrons. The summed E-state index contributed by atoms with van der Waals surface area (Å²) >= 11 is 0. The highest BCUT2D eigenvalue weighted by Gasteiger charge is 2.02. The van der Waals surface area contributed by atoms with Crippen molar-refractivity contribution in [3.8, 4) is 0 Å². The SMILES string of the molecule is CCCCCCCCCCCCCCCCCC(=O)ON=O. The van der Waals surface area contributed by atoms with Crippen LogP contribution in [0.4, 0.5) is 0 Å². The molecule has 0 amide bonds. The Bertz CT molecular complexity index is 257. The molecule has 0 aliphatic carbocycles. The van der Waals surface area contributed by atoms with Gasteiger partial charge in [0.05, 0.1) is 0 Å². The van der Waals surface area contributed by atoms with Gasteiger partial charge in [0.15, 0.2) is 5.34 Å². The summed E-state index contributed by atoms with van der Waals surface area (Å²) in [6.07, 6.45) is 19.8. The molecule has 0 bridgehead atoms. The average molecular weight is 313 g/mol. The first-order chi connectivity index (χ1) is 10.8. The molecule has 0 atom stereocenters. The van der Waals surface area contributed by atoms with Crippen molar-refractivity contribution < 1.29 is 9.63 Å². The maximum absolute atomic E-state index is 10.9. The van der Waals surface area contributed by atoms with E-state index in [1.165, 1.54) is 83.5 Å². The quantitative estimate of drug-likeness (QED) is 0.175. The van der Waals surface area contributed by atoms with Crippen molar-refractivity contribution in [1.29, 1.82) is 0 Å². The fraction of sp³-hybridized carbons (Fsp3) is 0.944. The molecular formula is C18H35NO3. The number of hydrogen-bond acceptors (Lipinski definition) is 4. The summed E-state index contributed by atoms with van der Waals surface area (Å²) in [7, 11) is 0. The van der Waals surface area contributed by atoms with E-state index in [1.54, 1.807) is 0 Å². The Hall–Kier alpha value is -0.930. The monoisotopic (exact) mass is 313 g/mol. The van der Waals surface area contributed by atoms with Crippen LogP contribution in [-0.4, -0.2) is 5.97 Å². The Morgan fingerprint density at radius 1 is 0.682 bits per heavy atom. The van der Waals surface area contributed by atoms with Crippen molar-refractivity contribution in [1.82, 2.24) is 0 Å². The van der Waals surface area contributed by atoms with E-state index >= 15 is 0 Å². The van der Waals surface area contributed by atoms with Crippen molar-refractivity contribution in [2.24, 2.45) is 5.34 Å². The van der Waals surface area contributed by atoms with Crippen molar-refractivity contribution in [3.63, 3.8) is 0 Å². The summed E-state index contributed by atoms with van der Waals surface area (Å²) in [6.45, 7) is 2.26. The average Bonchev–Trinajstić information content (AvgIpc) is 2.51. The molecule has 0 N–H and O–H groups in total. The van der Waals surface area contributed by atoms with Gasteiger partial charge in [-0.2, -0.15) is 0 Å². The molecular weight excluding hydrogens is 278 g/mol. The van der Waals surface area contributed by atoms with Crippen LogP contribution in [0.5, 0.6) is 0 Å². The number of hydrogen-bond donors (Lipinski definition) is 0. The molecule has 0 heterocycles. The molecule has 0 aromatic heterocycles. The number of nitrogens with zero attached hydrogens (tertiary/aromatic N) is 1. The third-order valence-electron chi connectivity index (χ3n) is 4.12. The summed E-state index contributed by atoms with van der Waals surface area (Å²) in [4.78, 5) is 24.5. The number of rotatable bonds is 17. The minimum absolute atomic E-state index is 0.310. The highest BCUT2D eigenvalue weighted by molar-refractivity contribution is 5.68. The van der Waals surface area contributed by atoms with Gasteiger partial charge in [0.1, 0.15) is 0 Å². The molecule has 4 nitrogen and oxygen atoms in total. The van der Waals surface area contributed by atoms with Gasteiger partial charge in [0.25, 0.3) is 0 Å². The van der Waals surface area contributed by atoms with E-state index in [2.05, 4.69) is 17.1 Å². The van der Waals surface area contributed by atoms with Crippen molar-refractivity contribution in [2.75, 3.05) is 0 Å². The molecule has 0 aromatic rings. The van der Waals surface area contributed by atoms with Gasteiger partial charge in [-0.15, -0.1) is 4.91 Å². The van der Waals surface area contributed by atoms with Crippen LogP contribution in [-0.2, 0) is 9.63 Å². The lowest BCUT2D eigenvalue weighted by Crippen LogP contribution is -1.98. The molecule has 0 rings (SSSR count). The van der Waals surface area contributed by atoms with Gasteiger partial charge in [-0.25, -0.2) is 4.79 Å². The van der Waals surface area contributed by atoms with E-state index in [0.717, 1.165) is 12.8 Å². The van der Waals surface area contributed by atoms with Crippen LogP contribution in [0, 0.1) is 4.91 Å². The lowest BCUT2D eigenvalue weighted by atomic mass is 10.0. The molecule has 0 unspecified atom stereocenters. The molecule has 0 saturated heterocycles. The van der Waals surface area contributed by atoms with Crippen LogP contribution in [0.15, 0.2) is 5.34 Å². The first kappa shape index (κ1) is 21.1. The first-order valence-electron chi connectivity index (χ1n) is 9.33. The predicted molar refractivity (Wildman–Crippen MR) is 91.4 cm³/mol. The predicted octanol–water partition coefficient (Wildman–Crippen LogP) is 6.47. The Morgan fingerprint density at radius 3 is 1.41 bits per heavy atom. The fourth-order valence-corrected chi connectivity index (χ4v) is 2.73. The Labute approximate surface area is 136 Å². The molecule has 22 heavy (non-hydrogen) atoms. The molecule has 4 heteroatoms. The van der Waals surface area contributed by atoms with Gasteiger partial charge in [-0.1, -0.05) is 96.8 Å². The molecule has 0 aliphatic heterocycles. The number of carbonyl (C=O) groups is 1. The lowest BCUT2D eigenvalue weighted by molar-refractivity contribution is -0.144. The normalized spacial score (nSPS) is 10.6. The van der Waals surface area contributed by atoms with E-state index < -0.39 is 5.97 Å². The Kier molecular flexibility index (Phi) is 17.4. The standard InChI is InChI=1S/C18H35NO3/c1-2-3-4-5-6-7-8-9-10-11-12-13-14-15-16-17-18(20)22-19-21/h2-17H2,1H3. The maximum Gasteiger partial charge on any atom is 0.338 e. The van der Waals surface area contributed by atoms with Crippen LogP contribution in [0.2, 0.25) is 0 Å². The van der Waals surface area contributed by atoms with Crippen LogP contribution >= 0.6 is 0 Å². The van der Waals surface area contributed by atoms with Crippen LogP contribution in [0.25, 0.3) is 0 Å². The molecule has 0 aromatic carbocycles. The second-order valence-electron chi connectivity index (χ2n) is 6.24. The number of carbonyl (C=O) groups excluding carboxylic acids is 1. The van der Waals surface area contributed by atoms with Gasteiger partial charge in [0, 0.05) is 6.42 Å². The van der Waals surface area contributed by atoms with E-state index in [1.807, 2.05) is 0 Å². The van der Waals surface area contributed by atoms with E-state index in [9.17, 15) is 9.70 Å². The summed E-state index contributed by atoms with van der Waals surface area (Å²) < 4.78 is 0. The van der Waals surface area contributed by atoms with Crippen molar-refractivity contribution in [2.45, 2.75) is 110 Å². The summed E-state index contributed by atoms with van der Waals surface area (Å²) in [6, 6.07) is 0. The van der Waals surface area contributed by atoms with Crippen LogP contribution < -0.4 is 0 Å². The van der Waals surface area contributed by atoms with Gasteiger partial charge in [0.2, 0.25) is 0 Å². The molecule has 0 fully saturated rings. The fourth-order valence-electron chi connectivity index (χ4n) is 2.73. The van der Waals surface area contributed by atoms with Gasteiger partial charge < -0.3 is 0 Å².